The van der Waals surface area contributed by atoms with E-state index in [-0.39, 0.29) is 5.82 Å². The summed E-state index contributed by atoms with van der Waals surface area (Å²) in [6.07, 6.45) is 1.48. The fraction of sp³-hybridized carbons (Fsp3) is 0.417. The van der Waals surface area contributed by atoms with Gasteiger partial charge in [0, 0.05) is 0 Å². The van der Waals surface area contributed by atoms with Gasteiger partial charge in [-0.1, -0.05) is 12.1 Å². The molecule has 1 atom stereocenters. The number of rotatable bonds is 6. The molecule has 0 saturated heterocycles. The van der Waals surface area contributed by atoms with Crippen molar-refractivity contribution < 1.29 is 14.3 Å². The van der Waals surface area contributed by atoms with Gasteiger partial charge in [0.15, 0.2) is 0 Å². The predicted molar refractivity (Wildman–Crippen MR) is 67.2 cm³/mol. The van der Waals surface area contributed by atoms with Crippen molar-refractivity contribution in [3.63, 3.8) is 0 Å². The maximum Gasteiger partial charge on any atom is 0.306 e. The monoisotopic (exact) mass is 303 g/mol. The SMILES string of the molecule is NCCCC(Cc1cccc(F)c1Br)C(=O)O. The van der Waals surface area contributed by atoms with E-state index in [4.69, 9.17) is 10.8 Å². The van der Waals surface area contributed by atoms with Gasteiger partial charge in [0.2, 0.25) is 0 Å². The third-order valence-corrected chi connectivity index (χ3v) is 3.49. The van der Waals surface area contributed by atoms with Crippen molar-refractivity contribution in [1.82, 2.24) is 0 Å². The summed E-state index contributed by atoms with van der Waals surface area (Å²) in [5.74, 6) is -1.75. The molecular weight excluding hydrogens is 289 g/mol. The van der Waals surface area contributed by atoms with Crippen molar-refractivity contribution in [2.75, 3.05) is 6.54 Å². The lowest BCUT2D eigenvalue weighted by molar-refractivity contribution is -0.141. The van der Waals surface area contributed by atoms with Crippen LogP contribution in [-0.2, 0) is 11.2 Å². The lowest BCUT2D eigenvalue weighted by Crippen LogP contribution is -2.18. The number of halogens is 2. The minimum absolute atomic E-state index is 0.313. The fourth-order valence-electron chi connectivity index (χ4n) is 1.65. The van der Waals surface area contributed by atoms with Gasteiger partial charge in [-0.05, 0) is 53.4 Å². The number of hydrogen-bond donors (Lipinski definition) is 2. The van der Waals surface area contributed by atoms with Gasteiger partial charge in [-0.2, -0.15) is 0 Å². The van der Waals surface area contributed by atoms with E-state index < -0.39 is 11.9 Å². The highest BCUT2D eigenvalue weighted by Crippen LogP contribution is 2.24. The summed E-state index contributed by atoms with van der Waals surface area (Å²) in [7, 11) is 0. The van der Waals surface area contributed by atoms with Gasteiger partial charge >= 0.3 is 5.97 Å². The van der Waals surface area contributed by atoms with E-state index in [1.54, 1.807) is 12.1 Å². The van der Waals surface area contributed by atoms with Crippen molar-refractivity contribution in [1.29, 1.82) is 0 Å². The number of benzene rings is 1. The zero-order valence-corrected chi connectivity index (χ0v) is 10.9. The summed E-state index contributed by atoms with van der Waals surface area (Å²) in [6.45, 7) is 0.466. The van der Waals surface area contributed by atoms with Gasteiger partial charge in [-0.3, -0.25) is 4.79 Å². The second-order valence-electron chi connectivity index (χ2n) is 3.88. The maximum atomic E-state index is 13.3. The molecule has 3 nitrogen and oxygen atoms in total. The average Bonchev–Trinajstić information content (AvgIpc) is 2.29. The van der Waals surface area contributed by atoms with E-state index in [9.17, 15) is 9.18 Å². The lowest BCUT2D eigenvalue weighted by Gasteiger charge is -2.13. The molecule has 0 saturated carbocycles. The van der Waals surface area contributed by atoms with Gasteiger partial charge < -0.3 is 10.8 Å². The summed E-state index contributed by atoms with van der Waals surface area (Å²) < 4.78 is 13.6. The molecule has 1 aromatic carbocycles. The lowest BCUT2D eigenvalue weighted by atomic mass is 9.95. The normalized spacial score (nSPS) is 12.4. The van der Waals surface area contributed by atoms with E-state index in [0.29, 0.717) is 35.8 Å². The van der Waals surface area contributed by atoms with Gasteiger partial charge in [0.1, 0.15) is 5.82 Å². The Hall–Kier alpha value is -0.940. The Balaban J connectivity index is 2.78. The maximum absolute atomic E-state index is 13.3. The van der Waals surface area contributed by atoms with Crippen LogP contribution in [0, 0.1) is 11.7 Å². The number of aliphatic carboxylic acids is 1. The topological polar surface area (TPSA) is 63.3 Å². The summed E-state index contributed by atoms with van der Waals surface area (Å²) in [4.78, 5) is 11.1. The van der Waals surface area contributed by atoms with Crippen molar-refractivity contribution in [3.05, 3.63) is 34.1 Å². The van der Waals surface area contributed by atoms with Gasteiger partial charge in [-0.15, -0.1) is 0 Å². The third-order valence-electron chi connectivity index (χ3n) is 2.60. The van der Waals surface area contributed by atoms with E-state index >= 15 is 0 Å². The first-order valence-corrected chi connectivity index (χ1v) is 6.21. The zero-order chi connectivity index (χ0) is 12.8. The van der Waals surface area contributed by atoms with Crippen LogP contribution in [0.5, 0.6) is 0 Å². The van der Waals surface area contributed by atoms with Crippen LogP contribution in [0.25, 0.3) is 0 Å². The molecule has 0 fully saturated rings. The number of carboxylic acids is 1. The molecule has 0 amide bonds. The first-order chi connectivity index (χ1) is 8.06. The van der Waals surface area contributed by atoms with Crippen LogP contribution in [0.15, 0.2) is 22.7 Å². The molecule has 17 heavy (non-hydrogen) atoms. The molecule has 0 aromatic heterocycles. The summed E-state index contributed by atoms with van der Waals surface area (Å²) >= 11 is 3.13. The zero-order valence-electron chi connectivity index (χ0n) is 9.33. The molecule has 94 valence electrons. The van der Waals surface area contributed by atoms with E-state index in [0.717, 1.165) is 0 Å². The van der Waals surface area contributed by atoms with Crippen LogP contribution in [0.2, 0.25) is 0 Å². The Bertz CT molecular complexity index is 398. The summed E-state index contributed by atoms with van der Waals surface area (Å²) in [6, 6.07) is 4.64. The van der Waals surface area contributed by atoms with Crippen LogP contribution >= 0.6 is 15.9 Å². The Morgan fingerprint density at radius 3 is 2.82 bits per heavy atom. The Labute approximate surface area is 108 Å². The Kier molecular flexibility index (Phi) is 5.58. The Morgan fingerprint density at radius 2 is 2.24 bits per heavy atom. The van der Waals surface area contributed by atoms with Crippen LogP contribution in [0.4, 0.5) is 4.39 Å². The van der Waals surface area contributed by atoms with Crippen molar-refractivity contribution in [2.45, 2.75) is 19.3 Å². The highest BCUT2D eigenvalue weighted by molar-refractivity contribution is 9.10. The molecule has 0 heterocycles. The number of nitrogens with two attached hydrogens (primary N) is 1. The molecule has 0 aliphatic rings. The highest BCUT2D eigenvalue weighted by Gasteiger charge is 2.19. The summed E-state index contributed by atoms with van der Waals surface area (Å²) in [5.41, 5.74) is 6.04. The van der Waals surface area contributed by atoms with Crippen LogP contribution < -0.4 is 5.73 Å². The van der Waals surface area contributed by atoms with Gasteiger partial charge in [0.05, 0.1) is 10.4 Å². The molecule has 0 bridgehead atoms. The van der Waals surface area contributed by atoms with Crippen molar-refractivity contribution in [2.24, 2.45) is 11.7 Å². The van der Waals surface area contributed by atoms with E-state index in [2.05, 4.69) is 15.9 Å². The van der Waals surface area contributed by atoms with E-state index in [1.165, 1.54) is 6.07 Å². The first kappa shape index (κ1) is 14.1. The molecule has 3 N–H and O–H groups in total. The van der Waals surface area contributed by atoms with Crippen LogP contribution in [0.1, 0.15) is 18.4 Å². The average molecular weight is 304 g/mol. The van der Waals surface area contributed by atoms with E-state index in [1.807, 2.05) is 0 Å². The summed E-state index contributed by atoms with van der Waals surface area (Å²) in [5, 5.41) is 9.07. The molecular formula is C12H15BrFNO2. The van der Waals surface area contributed by atoms with Crippen LogP contribution in [-0.4, -0.2) is 17.6 Å². The minimum Gasteiger partial charge on any atom is -0.481 e. The molecule has 5 heteroatoms. The minimum atomic E-state index is -0.866. The Morgan fingerprint density at radius 1 is 1.53 bits per heavy atom. The number of carbonyl (C=O) groups is 1. The third kappa shape index (κ3) is 4.09. The first-order valence-electron chi connectivity index (χ1n) is 5.42. The molecule has 0 spiro atoms. The standard InChI is InChI=1S/C12H15BrFNO2/c13-11-8(3-1-5-10(11)14)7-9(12(16)17)4-2-6-15/h1,3,5,9H,2,4,6-7,15H2,(H,16,17). The largest absolute Gasteiger partial charge is 0.481 e. The second-order valence-corrected chi connectivity index (χ2v) is 4.68. The van der Waals surface area contributed by atoms with Crippen molar-refractivity contribution in [3.8, 4) is 0 Å². The van der Waals surface area contributed by atoms with Crippen LogP contribution in [0.3, 0.4) is 0 Å². The smallest absolute Gasteiger partial charge is 0.306 e. The molecule has 1 unspecified atom stereocenters. The molecule has 0 aliphatic heterocycles. The molecule has 0 radical (unpaired) electrons. The molecule has 1 rings (SSSR count). The molecule has 0 aliphatic carbocycles. The molecule has 1 aromatic rings. The fourth-order valence-corrected chi connectivity index (χ4v) is 2.07. The van der Waals surface area contributed by atoms with Gasteiger partial charge in [-0.25, -0.2) is 4.39 Å². The number of hydrogen-bond acceptors (Lipinski definition) is 2. The number of carboxylic acid groups (broad SMARTS) is 1. The predicted octanol–water partition coefficient (Wildman–Crippen LogP) is 2.57. The van der Waals surface area contributed by atoms with Gasteiger partial charge in [0.25, 0.3) is 0 Å². The highest BCUT2D eigenvalue weighted by atomic mass is 79.9. The van der Waals surface area contributed by atoms with Crippen molar-refractivity contribution >= 4 is 21.9 Å². The second kappa shape index (κ2) is 6.71. The quantitative estimate of drug-likeness (QED) is 0.849.